The number of amides is 5. The van der Waals surface area contributed by atoms with Crippen LogP contribution >= 0.6 is 11.8 Å². The van der Waals surface area contributed by atoms with Gasteiger partial charge in [0, 0.05) is 43.2 Å². The quantitative estimate of drug-likeness (QED) is 0.138. The number of hydrogen-bond acceptors (Lipinski definition) is 7. The number of unbranched alkanes of at least 4 members (excludes halogenated alkanes) is 9. The molecule has 11 heteroatoms. The van der Waals surface area contributed by atoms with E-state index in [9.17, 15) is 24.0 Å². The molecule has 5 amide bonds. The minimum Gasteiger partial charge on any atom is -0.356 e. The predicted molar refractivity (Wildman–Crippen MR) is 140 cm³/mol. The van der Waals surface area contributed by atoms with Crippen LogP contribution in [0.25, 0.3) is 0 Å². The van der Waals surface area contributed by atoms with Crippen molar-refractivity contribution in [3.8, 4) is 0 Å². The van der Waals surface area contributed by atoms with E-state index >= 15 is 0 Å². The van der Waals surface area contributed by atoms with E-state index < -0.39 is 17.8 Å². The summed E-state index contributed by atoms with van der Waals surface area (Å²) < 4.78 is 0. The summed E-state index contributed by atoms with van der Waals surface area (Å²) in [5.41, 5.74) is 0. The van der Waals surface area contributed by atoms with Crippen molar-refractivity contribution in [3.05, 3.63) is 0 Å². The second-order valence-electron chi connectivity index (χ2n) is 10.2. The van der Waals surface area contributed by atoms with Gasteiger partial charge in [-0.25, -0.2) is 9.59 Å². The molecule has 0 saturated carbocycles. The van der Waals surface area contributed by atoms with Crippen LogP contribution in [0.2, 0.25) is 0 Å². The van der Waals surface area contributed by atoms with E-state index in [1.807, 2.05) is 11.8 Å². The summed E-state index contributed by atoms with van der Waals surface area (Å²) in [6, 6.07) is 0.452. The molecule has 10 nitrogen and oxygen atoms in total. The molecule has 3 aliphatic rings. The van der Waals surface area contributed by atoms with Gasteiger partial charge in [0.25, 0.3) is 11.8 Å². The largest absolute Gasteiger partial charge is 0.356 e. The molecule has 3 fully saturated rings. The Morgan fingerprint density at radius 1 is 0.838 bits per heavy atom. The van der Waals surface area contributed by atoms with Gasteiger partial charge >= 0.3 is 12.0 Å². The molecule has 0 aromatic rings. The number of rotatable bonds is 18. The Morgan fingerprint density at radius 2 is 1.46 bits per heavy atom. The smallest absolute Gasteiger partial charge is 0.333 e. The van der Waals surface area contributed by atoms with Gasteiger partial charge in [-0.3, -0.25) is 14.4 Å². The number of nitrogens with one attached hydrogen (secondary N) is 3. The van der Waals surface area contributed by atoms with Crippen LogP contribution in [0.4, 0.5) is 4.79 Å². The lowest BCUT2D eigenvalue weighted by atomic mass is 10.0. The van der Waals surface area contributed by atoms with Crippen molar-refractivity contribution < 1.29 is 28.8 Å². The molecule has 37 heavy (non-hydrogen) atoms. The molecule has 1 unspecified atom stereocenters. The third kappa shape index (κ3) is 10.2. The third-order valence-corrected chi connectivity index (χ3v) is 8.67. The van der Waals surface area contributed by atoms with E-state index in [1.165, 1.54) is 6.42 Å². The van der Waals surface area contributed by atoms with Crippen molar-refractivity contribution in [2.45, 2.75) is 120 Å². The molecule has 0 bridgehead atoms. The zero-order chi connectivity index (χ0) is 26.5. The number of hydrogen-bond donors (Lipinski definition) is 3. The molecule has 3 saturated heterocycles. The van der Waals surface area contributed by atoms with Crippen LogP contribution < -0.4 is 16.0 Å². The average molecular weight is 539 g/mol. The van der Waals surface area contributed by atoms with Crippen LogP contribution in [0.15, 0.2) is 0 Å². The zero-order valence-corrected chi connectivity index (χ0v) is 22.6. The van der Waals surface area contributed by atoms with E-state index in [0.29, 0.717) is 23.2 Å². The molecule has 208 valence electrons. The molecule has 0 aromatic heterocycles. The highest BCUT2D eigenvalue weighted by atomic mass is 32.2. The van der Waals surface area contributed by atoms with Crippen LogP contribution in [0.5, 0.6) is 0 Å². The Labute approximate surface area is 223 Å². The first kappa shape index (κ1) is 29.3. The summed E-state index contributed by atoms with van der Waals surface area (Å²) in [4.78, 5) is 62.9. The number of urea groups is 1. The Morgan fingerprint density at radius 3 is 2.16 bits per heavy atom. The first-order chi connectivity index (χ1) is 17.9. The molecule has 0 aliphatic carbocycles. The summed E-state index contributed by atoms with van der Waals surface area (Å²) >= 11 is 1.92. The fourth-order valence-electron chi connectivity index (χ4n) is 5.03. The highest BCUT2D eigenvalue weighted by Crippen LogP contribution is 2.33. The van der Waals surface area contributed by atoms with E-state index in [0.717, 1.165) is 76.5 Å². The molecule has 3 heterocycles. The maximum Gasteiger partial charge on any atom is 0.333 e. The van der Waals surface area contributed by atoms with Crippen LogP contribution in [-0.2, 0) is 24.0 Å². The first-order valence-electron chi connectivity index (χ1n) is 14.0. The number of thioether (sulfide) groups is 1. The summed E-state index contributed by atoms with van der Waals surface area (Å²) in [6.07, 6.45) is 13.4. The predicted octanol–water partition coefficient (Wildman–Crippen LogP) is 3.34. The molecule has 3 atom stereocenters. The molecule has 3 N–H and O–H groups in total. The Bertz CT molecular complexity index is 794. The van der Waals surface area contributed by atoms with Gasteiger partial charge in [0.05, 0.1) is 12.1 Å². The molecule has 0 aromatic carbocycles. The van der Waals surface area contributed by atoms with Crippen molar-refractivity contribution >= 4 is 41.5 Å². The van der Waals surface area contributed by atoms with Crippen molar-refractivity contribution in [2.24, 2.45) is 0 Å². The summed E-state index contributed by atoms with van der Waals surface area (Å²) in [7, 11) is 0. The standard InChI is InChI=1S/C26H42N4O6S/c31-21(13-10-9-12-20-25-19(18-37-20)28-26(35)29-25)27-17-11-7-5-3-1-2-4-6-8-14-24(34)36-30-22(32)15-16-23(30)33/h19-20,25H,1-18H2,(H,27,31)(H2,28,29,35)/t19-,20?,25-/m0/s1. The number of carbonyl (C=O) groups is 5. The highest BCUT2D eigenvalue weighted by molar-refractivity contribution is 8.00. The van der Waals surface area contributed by atoms with Gasteiger partial charge in [0.2, 0.25) is 5.91 Å². The fraction of sp³-hybridized carbons (Fsp3) is 0.808. The van der Waals surface area contributed by atoms with Gasteiger partial charge < -0.3 is 20.8 Å². The topological polar surface area (TPSA) is 134 Å². The zero-order valence-electron chi connectivity index (χ0n) is 21.8. The number of imide groups is 1. The lowest BCUT2D eigenvalue weighted by Crippen LogP contribution is -2.36. The Kier molecular flexibility index (Phi) is 12.5. The van der Waals surface area contributed by atoms with Crippen molar-refractivity contribution in [2.75, 3.05) is 12.3 Å². The second-order valence-corrected chi connectivity index (χ2v) is 11.5. The van der Waals surface area contributed by atoms with Gasteiger partial charge in [-0.2, -0.15) is 11.8 Å². The first-order valence-corrected chi connectivity index (χ1v) is 15.0. The van der Waals surface area contributed by atoms with Crippen molar-refractivity contribution in [1.82, 2.24) is 21.0 Å². The maximum atomic E-state index is 12.0. The Hall–Kier alpha value is -2.30. The van der Waals surface area contributed by atoms with Gasteiger partial charge in [-0.05, 0) is 25.7 Å². The summed E-state index contributed by atoms with van der Waals surface area (Å²) in [5, 5.41) is 10.1. The molecule has 0 spiro atoms. The van der Waals surface area contributed by atoms with Crippen LogP contribution in [-0.4, -0.2) is 64.4 Å². The van der Waals surface area contributed by atoms with Crippen LogP contribution in [0.3, 0.4) is 0 Å². The minimum absolute atomic E-state index is 0.0503. The minimum atomic E-state index is -0.519. The SMILES string of the molecule is O=C(CCCCC1SC[C@@H]2NC(=O)N[C@H]12)NCCCCCCCCCCCC(=O)ON1C(=O)CCC1=O. The van der Waals surface area contributed by atoms with Gasteiger partial charge in [-0.1, -0.05) is 51.4 Å². The van der Waals surface area contributed by atoms with Gasteiger partial charge in [0.15, 0.2) is 0 Å². The molecular formula is C26H42N4O6S. The Balaban J connectivity index is 1.04. The molecule has 3 aliphatic heterocycles. The number of nitrogens with zero attached hydrogens (tertiary/aromatic N) is 1. The van der Waals surface area contributed by atoms with Crippen LogP contribution in [0, 0.1) is 0 Å². The third-order valence-electron chi connectivity index (χ3n) is 7.16. The number of hydroxylamine groups is 2. The van der Waals surface area contributed by atoms with Crippen molar-refractivity contribution in [1.29, 1.82) is 0 Å². The molecular weight excluding hydrogens is 496 g/mol. The van der Waals surface area contributed by atoms with E-state index in [-0.39, 0.29) is 43.3 Å². The number of fused-ring (bicyclic) bond motifs is 1. The van der Waals surface area contributed by atoms with Gasteiger partial charge in [-0.15, -0.1) is 5.06 Å². The van der Waals surface area contributed by atoms with E-state index in [4.69, 9.17) is 4.84 Å². The van der Waals surface area contributed by atoms with E-state index in [1.54, 1.807) is 0 Å². The highest BCUT2D eigenvalue weighted by Gasteiger charge is 2.42. The maximum absolute atomic E-state index is 12.0. The lowest BCUT2D eigenvalue weighted by Gasteiger charge is -2.16. The summed E-state index contributed by atoms with van der Waals surface area (Å²) in [5.74, 6) is -0.292. The normalized spacial score (nSPS) is 22.6. The average Bonchev–Trinajstić information content (AvgIpc) is 3.52. The van der Waals surface area contributed by atoms with E-state index in [2.05, 4.69) is 16.0 Å². The number of carbonyl (C=O) groups excluding carboxylic acids is 5. The molecule has 3 rings (SSSR count). The van der Waals surface area contributed by atoms with Crippen molar-refractivity contribution in [3.63, 3.8) is 0 Å². The monoisotopic (exact) mass is 538 g/mol. The summed E-state index contributed by atoms with van der Waals surface area (Å²) in [6.45, 7) is 0.740. The second kappa shape index (κ2) is 15.8. The fourth-order valence-corrected chi connectivity index (χ4v) is 6.57. The molecule has 0 radical (unpaired) electrons. The lowest BCUT2D eigenvalue weighted by molar-refractivity contribution is -0.197. The van der Waals surface area contributed by atoms with Gasteiger partial charge in [0.1, 0.15) is 0 Å². The van der Waals surface area contributed by atoms with Crippen LogP contribution in [0.1, 0.15) is 103 Å².